The highest BCUT2D eigenvalue weighted by Crippen LogP contribution is 2.31. The van der Waals surface area contributed by atoms with Gasteiger partial charge in [0.05, 0.1) is 11.1 Å². The van der Waals surface area contributed by atoms with E-state index in [-0.39, 0.29) is 11.6 Å². The molecule has 0 fully saturated rings. The van der Waals surface area contributed by atoms with Crippen molar-refractivity contribution in [1.29, 1.82) is 0 Å². The van der Waals surface area contributed by atoms with Crippen molar-refractivity contribution < 1.29 is 14.0 Å². The fourth-order valence-electron chi connectivity index (χ4n) is 4.32. The number of rotatable bonds is 11. The van der Waals surface area contributed by atoms with E-state index in [9.17, 15) is 14.0 Å². The zero-order valence-electron chi connectivity index (χ0n) is 22.1. The normalized spacial score (nSPS) is 10.9. The number of carbonyl (C=O) groups is 2. The second kappa shape index (κ2) is 12.8. The van der Waals surface area contributed by atoms with E-state index in [0.29, 0.717) is 41.2 Å². The average Bonchev–Trinajstić information content (AvgIpc) is 3.30. The molecule has 0 radical (unpaired) electrons. The van der Waals surface area contributed by atoms with Crippen LogP contribution < -0.4 is 21.7 Å². The van der Waals surface area contributed by atoms with Crippen molar-refractivity contribution in [1.82, 2.24) is 25.1 Å². The number of anilines is 3. The van der Waals surface area contributed by atoms with Crippen LogP contribution in [0.2, 0.25) is 0 Å². The monoisotopic (exact) mass is 532 g/mol. The molecule has 0 bridgehead atoms. The first kappa shape index (κ1) is 27.5. The second-order valence-corrected chi connectivity index (χ2v) is 9.36. The van der Waals surface area contributed by atoms with Crippen molar-refractivity contribution >= 4 is 40.2 Å². The Morgan fingerprint density at radius 2 is 1.72 bits per heavy atom. The van der Waals surface area contributed by atoms with E-state index in [1.165, 1.54) is 12.4 Å². The van der Waals surface area contributed by atoms with Gasteiger partial charge in [-0.2, -0.15) is 5.10 Å². The lowest BCUT2D eigenvalue weighted by atomic mass is 10.1. The number of hydrogen-bond donors (Lipinski definition) is 4. The van der Waals surface area contributed by atoms with Crippen molar-refractivity contribution in [3.63, 3.8) is 0 Å². The molecule has 0 atom stereocenters. The van der Waals surface area contributed by atoms with Crippen LogP contribution in [0, 0.1) is 12.7 Å². The quantitative estimate of drug-likeness (QED) is 0.194. The summed E-state index contributed by atoms with van der Waals surface area (Å²) < 4.78 is 15.8. The number of aromatic nitrogens is 4. The Morgan fingerprint density at radius 1 is 0.974 bits per heavy atom. The van der Waals surface area contributed by atoms with E-state index >= 15 is 0 Å². The maximum Gasteiger partial charge on any atom is 0.323 e. The van der Waals surface area contributed by atoms with E-state index < -0.39 is 11.8 Å². The minimum atomic E-state index is -0.548. The number of urea groups is 1. The topological polar surface area (TPSA) is 140 Å². The van der Waals surface area contributed by atoms with Crippen LogP contribution in [0.1, 0.15) is 44.1 Å². The Balaban J connectivity index is 1.41. The number of hydrogen-bond acceptors (Lipinski definition) is 6. The zero-order chi connectivity index (χ0) is 27.8. The number of nitrogen functional groups attached to an aromatic ring is 1. The third kappa shape index (κ3) is 7.07. The maximum absolute atomic E-state index is 14.0. The molecule has 39 heavy (non-hydrogen) atoms. The molecule has 0 saturated carbocycles. The first-order valence-electron chi connectivity index (χ1n) is 13.0. The fourth-order valence-corrected chi connectivity index (χ4v) is 4.32. The van der Waals surface area contributed by atoms with Crippen molar-refractivity contribution in [2.75, 3.05) is 23.4 Å². The number of halogens is 1. The summed E-state index contributed by atoms with van der Waals surface area (Å²) in [6.07, 6.45) is 6.85. The Hall–Kier alpha value is -4.54. The predicted molar refractivity (Wildman–Crippen MR) is 151 cm³/mol. The molecule has 0 spiro atoms. The molecule has 3 amide bonds. The van der Waals surface area contributed by atoms with Crippen LogP contribution >= 0.6 is 0 Å². The van der Waals surface area contributed by atoms with Crippen LogP contribution in [-0.2, 0) is 11.3 Å². The SMILES string of the molecule is CNC(=O)CCCCCCCn1nc(-c2ccc(NC(=O)Nc3cc(C)ccc3F)cc2)c2c(N)ncnc21. The summed E-state index contributed by atoms with van der Waals surface area (Å²) in [6, 6.07) is 11.1. The highest BCUT2D eigenvalue weighted by atomic mass is 19.1. The summed E-state index contributed by atoms with van der Waals surface area (Å²) in [5, 5.41) is 13.4. The Bertz CT molecular complexity index is 1450. The molecule has 2 aromatic carbocycles. The van der Waals surface area contributed by atoms with Crippen LogP contribution in [0.5, 0.6) is 0 Å². The minimum absolute atomic E-state index is 0.0764. The molecule has 0 aliphatic rings. The van der Waals surface area contributed by atoms with Crippen LogP contribution in [0.3, 0.4) is 0 Å². The Morgan fingerprint density at radius 3 is 2.49 bits per heavy atom. The number of nitrogens with two attached hydrogens (primary N) is 1. The van der Waals surface area contributed by atoms with E-state index in [0.717, 1.165) is 43.2 Å². The molecule has 0 aliphatic heterocycles. The minimum Gasteiger partial charge on any atom is -0.383 e. The standard InChI is InChI=1S/C28H33FN8O2/c1-18-9-14-21(29)22(16-18)35-28(39)34-20-12-10-19(11-13-20)25-24-26(30)32-17-33-27(24)37(36-25)15-7-5-3-4-6-8-23(38)31-2/h9-14,16-17H,3-8,15H2,1-2H3,(H,31,38)(H2,30,32,33)(H2,34,35,39). The summed E-state index contributed by atoms with van der Waals surface area (Å²) in [5.74, 6) is -0.0841. The molecule has 0 unspecified atom stereocenters. The van der Waals surface area contributed by atoms with Gasteiger partial charge in [0.2, 0.25) is 5.91 Å². The Labute approximate surface area is 226 Å². The summed E-state index contributed by atoms with van der Waals surface area (Å²) in [5.41, 5.74) is 9.82. The number of amides is 3. The molecule has 0 saturated heterocycles. The number of aryl methyl sites for hydroxylation is 2. The molecule has 4 rings (SSSR count). The molecule has 10 nitrogen and oxygen atoms in total. The molecule has 0 aliphatic carbocycles. The second-order valence-electron chi connectivity index (χ2n) is 9.36. The number of unbranched alkanes of at least 4 members (excludes halogenated alkanes) is 4. The van der Waals surface area contributed by atoms with E-state index in [1.54, 1.807) is 31.3 Å². The maximum atomic E-state index is 14.0. The van der Waals surface area contributed by atoms with Gasteiger partial charge in [-0.05, 0) is 49.6 Å². The summed E-state index contributed by atoms with van der Waals surface area (Å²) in [6.45, 7) is 2.50. The molecule has 5 N–H and O–H groups in total. The average molecular weight is 533 g/mol. The molecule has 2 aromatic heterocycles. The van der Waals surface area contributed by atoms with Gasteiger partial charge in [0.15, 0.2) is 5.65 Å². The van der Waals surface area contributed by atoms with Gasteiger partial charge in [-0.3, -0.25) is 4.79 Å². The van der Waals surface area contributed by atoms with Gasteiger partial charge in [0.1, 0.15) is 23.7 Å². The van der Waals surface area contributed by atoms with Crippen LogP contribution in [0.15, 0.2) is 48.8 Å². The highest BCUT2D eigenvalue weighted by molar-refractivity contribution is 6.01. The molecular formula is C28H33FN8O2. The number of benzene rings is 2. The third-order valence-electron chi connectivity index (χ3n) is 6.40. The fraction of sp³-hybridized carbons (Fsp3) is 0.321. The smallest absolute Gasteiger partial charge is 0.323 e. The zero-order valence-corrected chi connectivity index (χ0v) is 22.1. The van der Waals surface area contributed by atoms with Gasteiger partial charge in [-0.15, -0.1) is 0 Å². The number of carbonyl (C=O) groups excluding carboxylic acids is 2. The molecule has 4 aromatic rings. The van der Waals surface area contributed by atoms with E-state index in [1.807, 2.05) is 23.7 Å². The van der Waals surface area contributed by atoms with Gasteiger partial charge in [-0.25, -0.2) is 23.8 Å². The van der Waals surface area contributed by atoms with E-state index in [4.69, 9.17) is 10.8 Å². The number of nitrogens with one attached hydrogen (secondary N) is 3. The van der Waals surface area contributed by atoms with Crippen LogP contribution in [0.4, 0.5) is 26.4 Å². The lowest BCUT2D eigenvalue weighted by Crippen LogP contribution is -2.20. The van der Waals surface area contributed by atoms with Gasteiger partial charge in [-0.1, -0.05) is 37.5 Å². The van der Waals surface area contributed by atoms with Gasteiger partial charge < -0.3 is 21.7 Å². The van der Waals surface area contributed by atoms with Crippen molar-refractivity contribution in [3.05, 3.63) is 60.2 Å². The summed E-state index contributed by atoms with van der Waals surface area (Å²) >= 11 is 0. The van der Waals surface area contributed by atoms with Gasteiger partial charge in [0, 0.05) is 31.3 Å². The Kier molecular flexibility index (Phi) is 9.03. The van der Waals surface area contributed by atoms with Crippen LogP contribution in [0.25, 0.3) is 22.3 Å². The van der Waals surface area contributed by atoms with Crippen molar-refractivity contribution in [2.45, 2.75) is 52.0 Å². The summed E-state index contributed by atoms with van der Waals surface area (Å²) in [7, 11) is 1.65. The first-order valence-corrected chi connectivity index (χ1v) is 13.0. The molecule has 2 heterocycles. The molecular weight excluding hydrogens is 499 g/mol. The lowest BCUT2D eigenvalue weighted by Gasteiger charge is -2.09. The lowest BCUT2D eigenvalue weighted by molar-refractivity contribution is -0.120. The van der Waals surface area contributed by atoms with Gasteiger partial charge >= 0.3 is 6.03 Å². The number of nitrogens with zero attached hydrogens (tertiary/aromatic N) is 4. The van der Waals surface area contributed by atoms with Gasteiger partial charge in [0.25, 0.3) is 0 Å². The molecule has 11 heteroatoms. The molecule has 204 valence electrons. The summed E-state index contributed by atoms with van der Waals surface area (Å²) in [4.78, 5) is 32.3. The van der Waals surface area contributed by atoms with Crippen molar-refractivity contribution in [2.24, 2.45) is 0 Å². The van der Waals surface area contributed by atoms with E-state index in [2.05, 4.69) is 25.9 Å². The van der Waals surface area contributed by atoms with Crippen LogP contribution in [-0.4, -0.2) is 38.7 Å². The van der Waals surface area contributed by atoms with Crippen molar-refractivity contribution in [3.8, 4) is 11.3 Å². The first-order chi connectivity index (χ1) is 18.9. The predicted octanol–water partition coefficient (Wildman–Crippen LogP) is 5.25. The highest BCUT2D eigenvalue weighted by Gasteiger charge is 2.17. The largest absolute Gasteiger partial charge is 0.383 e. The third-order valence-corrected chi connectivity index (χ3v) is 6.40. The number of fused-ring (bicyclic) bond motifs is 1.